The van der Waals surface area contributed by atoms with Crippen LogP contribution in [0.2, 0.25) is 0 Å². The van der Waals surface area contributed by atoms with Crippen LogP contribution in [0.3, 0.4) is 0 Å². The van der Waals surface area contributed by atoms with Crippen molar-refractivity contribution in [1.29, 1.82) is 0 Å². The quantitative estimate of drug-likeness (QED) is 0.810. The van der Waals surface area contributed by atoms with Gasteiger partial charge in [-0.05, 0) is 43.9 Å². The van der Waals surface area contributed by atoms with Crippen LogP contribution in [0.4, 0.5) is 0 Å². The third-order valence-corrected chi connectivity index (χ3v) is 4.66. The van der Waals surface area contributed by atoms with Gasteiger partial charge in [-0.3, -0.25) is 0 Å². The average molecular weight is 261 g/mol. The number of aromatic nitrogens is 2. The number of imidazole rings is 1. The first-order valence-corrected chi connectivity index (χ1v) is 7.50. The summed E-state index contributed by atoms with van der Waals surface area (Å²) in [6.07, 6.45) is 10.8. The van der Waals surface area contributed by atoms with E-state index >= 15 is 0 Å². The van der Waals surface area contributed by atoms with Crippen LogP contribution in [-0.2, 0) is 25.9 Å². The minimum atomic E-state index is 1.03. The smallest absolute Gasteiger partial charge is 0.0945 e. The van der Waals surface area contributed by atoms with E-state index in [4.69, 9.17) is 0 Å². The van der Waals surface area contributed by atoms with Crippen LogP contribution in [-0.4, -0.2) is 16.1 Å². The lowest BCUT2D eigenvalue weighted by Gasteiger charge is -2.04. The Hall–Kier alpha value is -1.13. The molecule has 0 aromatic carbocycles. The Kier molecular flexibility index (Phi) is 3.76. The van der Waals surface area contributed by atoms with Crippen LogP contribution in [0.15, 0.2) is 24.8 Å². The van der Waals surface area contributed by atoms with E-state index < -0.39 is 0 Å². The molecular weight excluding hydrogens is 242 g/mol. The maximum absolute atomic E-state index is 4.04. The third kappa shape index (κ3) is 2.82. The fourth-order valence-corrected chi connectivity index (χ4v) is 3.73. The Balaban J connectivity index is 1.37. The summed E-state index contributed by atoms with van der Waals surface area (Å²) in [6, 6.07) is 2.40. The molecule has 96 valence electrons. The second-order valence-electron chi connectivity index (χ2n) is 4.85. The van der Waals surface area contributed by atoms with Crippen molar-refractivity contribution in [2.75, 3.05) is 6.54 Å². The lowest BCUT2D eigenvalue weighted by Crippen LogP contribution is -2.15. The van der Waals surface area contributed by atoms with Crippen molar-refractivity contribution in [1.82, 2.24) is 14.9 Å². The molecule has 0 amide bonds. The summed E-state index contributed by atoms with van der Waals surface area (Å²) in [6.45, 7) is 3.15. The number of hydrogen-bond acceptors (Lipinski definition) is 3. The van der Waals surface area contributed by atoms with E-state index in [2.05, 4.69) is 20.9 Å². The Morgan fingerprint density at radius 1 is 1.39 bits per heavy atom. The molecule has 0 aliphatic heterocycles. The molecule has 0 radical (unpaired) electrons. The molecule has 1 aliphatic carbocycles. The number of aryl methyl sites for hydroxylation is 3. The fraction of sp³-hybridized carbons (Fsp3) is 0.500. The van der Waals surface area contributed by atoms with Crippen molar-refractivity contribution in [3.63, 3.8) is 0 Å². The first kappa shape index (κ1) is 11.9. The van der Waals surface area contributed by atoms with Crippen molar-refractivity contribution in [2.24, 2.45) is 0 Å². The van der Waals surface area contributed by atoms with Gasteiger partial charge in [-0.15, -0.1) is 11.3 Å². The highest BCUT2D eigenvalue weighted by atomic mass is 32.1. The van der Waals surface area contributed by atoms with Crippen LogP contribution in [0.1, 0.15) is 28.2 Å². The van der Waals surface area contributed by atoms with Crippen molar-refractivity contribution in [3.8, 4) is 0 Å². The summed E-state index contributed by atoms with van der Waals surface area (Å²) in [5, 5.41) is 3.53. The SMILES string of the molecule is c1cn(CCCNCc2cc3c(s2)CCC3)cn1. The molecule has 0 atom stereocenters. The van der Waals surface area contributed by atoms with Crippen LogP contribution in [0.5, 0.6) is 0 Å². The number of thiophene rings is 1. The minimum absolute atomic E-state index is 1.03. The fourth-order valence-electron chi connectivity index (χ4n) is 2.49. The van der Waals surface area contributed by atoms with Gasteiger partial charge >= 0.3 is 0 Å². The van der Waals surface area contributed by atoms with E-state index in [-0.39, 0.29) is 0 Å². The van der Waals surface area contributed by atoms with Gasteiger partial charge in [-0.1, -0.05) is 0 Å². The number of nitrogens with one attached hydrogen (secondary N) is 1. The first-order chi connectivity index (χ1) is 8.92. The van der Waals surface area contributed by atoms with Crippen LogP contribution < -0.4 is 5.32 Å². The maximum Gasteiger partial charge on any atom is 0.0945 e. The summed E-state index contributed by atoms with van der Waals surface area (Å²) < 4.78 is 2.13. The van der Waals surface area contributed by atoms with Gasteiger partial charge in [0.1, 0.15) is 0 Å². The number of rotatable bonds is 6. The summed E-state index contributed by atoms with van der Waals surface area (Å²) in [4.78, 5) is 7.17. The molecule has 0 fully saturated rings. The molecule has 0 spiro atoms. The van der Waals surface area contributed by atoms with E-state index in [9.17, 15) is 0 Å². The molecule has 1 aliphatic rings. The monoisotopic (exact) mass is 261 g/mol. The predicted molar refractivity (Wildman–Crippen MR) is 74.9 cm³/mol. The summed E-state index contributed by atoms with van der Waals surface area (Å²) >= 11 is 2.00. The molecule has 0 saturated carbocycles. The summed E-state index contributed by atoms with van der Waals surface area (Å²) in [7, 11) is 0. The lowest BCUT2D eigenvalue weighted by atomic mass is 10.2. The largest absolute Gasteiger partial charge is 0.337 e. The van der Waals surface area contributed by atoms with Crippen molar-refractivity contribution < 1.29 is 0 Å². The van der Waals surface area contributed by atoms with Gasteiger partial charge in [0.25, 0.3) is 0 Å². The molecule has 0 bridgehead atoms. The van der Waals surface area contributed by atoms with Gasteiger partial charge in [0.2, 0.25) is 0 Å². The maximum atomic E-state index is 4.04. The summed E-state index contributed by atoms with van der Waals surface area (Å²) in [5.74, 6) is 0. The van der Waals surface area contributed by atoms with Gasteiger partial charge in [0.05, 0.1) is 6.33 Å². The van der Waals surface area contributed by atoms with Gasteiger partial charge in [0.15, 0.2) is 0 Å². The topological polar surface area (TPSA) is 29.9 Å². The number of nitrogens with zero attached hydrogens (tertiary/aromatic N) is 2. The zero-order valence-electron chi connectivity index (χ0n) is 10.6. The van der Waals surface area contributed by atoms with E-state index in [1.54, 1.807) is 10.4 Å². The van der Waals surface area contributed by atoms with Crippen LogP contribution in [0, 0.1) is 0 Å². The van der Waals surface area contributed by atoms with Gasteiger partial charge in [-0.25, -0.2) is 4.98 Å². The number of hydrogen-bond donors (Lipinski definition) is 1. The Bertz CT molecular complexity index is 466. The van der Waals surface area contributed by atoms with Crippen molar-refractivity contribution >= 4 is 11.3 Å². The minimum Gasteiger partial charge on any atom is -0.337 e. The molecule has 0 unspecified atom stereocenters. The average Bonchev–Trinajstić information content (AvgIpc) is 3.03. The normalized spacial score (nSPS) is 14.0. The van der Waals surface area contributed by atoms with E-state index in [0.29, 0.717) is 0 Å². The zero-order valence-corrected chi connectivity index (χ0v) is 11.4. The first-order valence-electron chi connectivity index (χ1n) is 6.69. The molecule has 2 aromatic heterocycles. The third-order valence-electron chi connectivity index (χ3n) is 3.43. The van der Waals surface area contributed by atoms with Crippen LogP contribution >= 0.6 is 11.3 Å². The Morgan fingerprint density at radius 3 is 3.22 bits per heavy atom. The van der Waals surface area contributed by atoms with E-state index in [1.165, 1.54) is 24.1 Å². The Morgan fingerprint density at radius 2 is 2.39 bits per heavy atom. The number of fused-ring (bicyclic) bond motifs is 1. The van der Waals surface area contributed by atoms with Gasteiger partial charge in [0, 0.05) is 35.2 Å². The molecule has 18 heavy (non-hydrogen) atoms. The second kappa shape index (κ2) is 5.67. The lowest BCUT2D eigenvalue weighted by molar-refractivity contribution is 0.583. The molecule has 1 N–H and O–H groups in total. The standard InChI is InChI=1S/C14H19N3S/c1-3-12-9-13(18-14(12)4-1)10-15-5-2-7-17-8-6-16-11-17/h6,8-9,11,15H,1-5,7,10H2. The van der Waals surface area contributed by atoms with Gasteiger partial charge in [-0.2, -0.15) is 0 Å². The zero-order chi connectivity index (χ0) is 12.2. The van der Waals surface area contributed by atoms with E-state index in [0.717, 1.165) is 26.1 Å². The molecule has 4 heteroatoms. The van der Waals surface area contributed by atoms with Crippen molar-refractivity contribution in [3.05, 3.63) is 40.1 Å². The molecule has 2 aromatic rings. The molecule has 3 rings (SSSR count). The van der Waals surface area contributed by atoms with Crippen molar-refractivity contribution in [2.45, 2.75) is 38.8 Å². The highest BCUT2D eigenvalue weighted by molar-refractivity contribution is 7.12. The molecular formula is C14H19N3S. The van der Waals surface area contributed by atoms with E-state index in [1.807, 2.05) is 30.1 Å². The molecule has 2 heterocycles. The highest BCUT2D eigenvalue weighted by Crippen LogP contribution is 2.30. The molecule has 0 saturated heterocycles. The van der Waals surface area contributed by atoms with Gasteiger partial charge < -0.3 is 9.88 Å². The second-order valence-corrected chi connectivity index (χ2v) is 6.07. The predicted octanol–water partition coefficient (Wildman–Crippen LogP) is 2.61. The Labute approximate surface area is 112 Å². The van der Waals surface area contributed by atoms with Crippen LogP contribution in [0.25, 0.3) is 0 Å². The highest BCUT2D eigenvalue weighted by Gasteiger charge is 2.14. The summed E-state index contributed by atoms with van der Waals surface area (Å²) in [5.41, 5.74) is 1.61. The molecule has 3 nitrogen and oxygen atoms in total.